The lowest BCUT2D eigenvalue weighted by molar-refractivity contribution is -0.0498. The fraction of sp³-hybridized carbons (Fsp3) is 0.625. The van der Waals surface area contributed by atoms with Crippen molar-refractivity contribution in [2.45, 2.75) is 45.8 Å². The third kappa shape index (κ3) is 3.92. The molecule has 112 valence electrons. The van der Waals surface area contributed by atoms with Gasteiger partial charge < -0.3 is 10.5 Å². The van der Waals surface area contributed by atoms with Gasteiger partial charge in [-0.3, -0.25) is 0 Å². The Balaban J connectivity index is 2.03. The van der Waals surface area contributed by atoms with E-state index in [1.807, 2.05) is 0 Å². The van der Waals surface area contributed by atoms with E-state index < -0.39 is 6.61 Å². The highest BCUT2D eigenvalue weighted by Crippen LogP contribution is 2.38. The Kier molecular flexibility index (Phi) is 4.97. The number of nitrogens with two attached hydrogens (primary N) is 1. The smallest absolute Gasteiger partial charge is 0.387 e. The number of ether oxygens (including phenoxy) is 1. The molecule has 0 aromatic heterocycles. The lowest BCUT2D eigenvalue weighted by Gasteiger charge is -2.35. The van der Waals surface area contributed by atoms with Crippen molar-refractivity contribution in [1.29, 1.82) is 0 Å². The lowest BCUT2D eigenvalue weighted by Crippen LogP contribution is -2.29. The van der Waals surface area contributed by atoms with E-state index in [-0.39, 0.29) is 11.8 Å². The molecule has 3 unspecified atom stereocenters. The third-order valence-electron chi connectivity index (χ3n) is 4.21. The quantitative estimate of drug-likeness (QED) is 0.891. The highest BCUT2D eigenvalue weighted by Gasteiger charge is 2.28. The Morgan fingerprint density at radius 2 is 1.60 bits per heavy atom. The summed E-state index contributed by atoms with van der Waals surface area (Å²) in [5, 5.41) is 0. The monoisotopic (exact) mass is 283 g/mol. The van der Waals surface area contributed by atoms with Crippen LogP contribution in [-0.4, -0.2) is 6.61 Å². The fourth-order valence-electron chi connectivity index (χ4n) is 3.45. The van der Waals surface area contributed by atoms with Crippen LogP contribution in [0.15, 0.2) is 24.3 Å². The van der Waals surface area contributed by atoms with Gasteiger partial charge in [0.1, 0.15) is 5.75 Å². The largest absolute Gasteiger partial charge is 0.435 e. The topological polar surface area (TPSA) is 35.2 Å². The van der Waals surface area contributed by atoms with Gasteiger partial charge in [-0.15, -0.1) is 0 Å². The normalized spacial score (nSPS) is 28.4. The summed E-state index contributed by atoms with van der Waals surface area (Å²) in [5.41, 5.74) is 7.35. The van der Waals surface area contributed by atoms with Gasteiger partial charge in [0, 0.05) is 6.04 Å². The summed E-state index contributed by atoms with van der Waals surface area (Å²) < 4.78 is 28.6. The molecular formula is C16H23F2NO. The van der Waals surface area contributed by atoms with Gasteiger partial charge in [0.15, 0.2) is 0 Å². The van der Waals surface area contributed by atoms with Crippen molar-refractivity contribution in [1.82, 2.24) is 0 Å². The molecule has 1 aliphatic carbocycles. The minimum Gasteiger partial charge on any atom is -0.435 e. The van der Waals surface area contributed by atoms with E-state index in [2.05, 4.69) is 18.6 Å². The summed E-state index contributed by atoms with van der Waals surface area (Å²) in [7, 11) is 0. The predicted octanol–water partition coefficient (Wildman–Crippen LogP) is 4.36. The maximum absolute atomic E-state index is 12.1. The standard InChI is InChI=1S/C16H23F2NO/c1-10-7-11(2)9-13(8-10)15(19)12-3-5-14(6-4-12)20-16(17)18/h3-6,10-11,13,15-16H,7-9,19H2,1-2H3. The van der Waals surface area contributed by atoms with Crippen LogP contribution in [-0.2, 0) is 0 Å². The molecule has 0 saturated heterocycles. The first-order chi connectivity index (χ1) is 9.45. The van der Waals surface area contributed by atoms with Crippen molar-refractivity contribution in [3.8, 4) is 5.75 Å². The molecular weight excluding hydrogens is 260 g/mol. The van der Waals surface area contributed by atoms with Crippen molar-refractivity contribution in [3.05, 3.63) is 29.8 Å². The molecule has 0 heterocycles. The van der Waals surface area contributed by atoms with E-state index in [1.54, 1.807) is 24.3 Å². The molecule has 1 aliphatic rings. The molecule has 0 amide bonds. The minimum absolute atomic E-state index is 0.0270. The van der Waals surface area contributed by atoms with Gasteiger partial charge in [0.05, 0.1) is 0 Å². The Morgan fingerprint density at radius 1 is 1.05 bits per heavy atom. The molecule has 0 spiro atoms. The Morgan fingerprint density at radius 3 is 2.10 bits per heavy atom. The number of halogens is 2. The summed E-state index contributed by atoms with van der Waals surface area (Å²) in [6, 6.07) is 6.70. The summed E-state index contributed by atoms with van der Waals surface area (Å²) >= 11 is 0. The zero-order valence-corrected chi connectivity index (χ0v) is 12.1. The first-order valence-corrected chi connectivity index (χ1v) is 7.26. The molecule has 1 saturated carbocycles. The van der Waals surface area contributed by atoms with E-state index in [0.29, 0.717) is 17.8 Å². The van der Waals surface area contributed by atoms with E-state index >= 15 is 0 Å². The van der Waals surface area contributed by atoms with Crippen molar-refractivity contribution in [3.63, 3.8) is 0 Å². The van der Waals surface area contributed by atoms with Gasteiger partial charge in [-0.05, 0) is 54.7 Å². The molecule has 4 heteroatoms. The summed E-state index contributed by atoms with van der Waals surface area (Å²) in [4.78, 5) is 0. The SMILES string of the molecule is CC1CC(C)CC(C(N)c2ccc(OC(F)F)cc2)C1. The zero-order valence-electron chi connectivity index (χ0n) is 12.1. The van der Waals surface area contributed by atoms with Gasteiger partial charge >= 0.3 is 6.61 Å². The van der Waals surface area contributed by atoms with Crippen LogP contribution in [0.25, 0.3) is 0 Å². The molecule has 2 N–H and O–H groups in total. The van der Waals surface area contributed by atoms with Crippen LogP contribution in [0, 0.1) is 17.8 Å². The molecule has 1 fully saturated rings. The van der Waals surface area contributed by atoms with Crippen LogP contribution >= 0.6 is 0 Å². The third-order valence-corrected chi connectivity index (χ3v) is 4.21. The second-order valence-electron chi connectivity index (χ2n) is 6.15. The predicted molar refractivity (Wildman–Crippen MR) is 75.7 cm³/mol. The molecule has 0 aliphatic heterocycles. The first-order valence-electron chi connectivity index (χ1n) is 7.26. The van der Waals surface area contributed by atoms with E-state index in [9.17, 15) is 8.78 Å². The van der Waals surface area contributed by atoms with Crippen LogP contribution in [0.1, 0.15) is 44.7 Å². The summed E-state index contributed by atoms with van der Waals surface area (Å²) in [6.07, 6.45) is 3.55. The molecule has 1 aromatic carbocycles. The molecule has 2 nitrogen and oxygen atoms in total. The van der Waals surface area contributed by atoms with Crippen LogP contribution in [0.4, 0.5) is 8.78 Å². The first kappa shape index (κ1) is 15.2. The average Bonchev–Trinajstić information content (AvgIpc) is 2.37. The van der Waals surface area contributed by atoms with E-state index in [1.165, 1.54) is 6.42 Å². The van der Waals surface area contributed by atoms with Gasteiger partial charge in [0.2, 0.25) is 0 Å². The summed E-state index contributed by atoms with van der Waals surface area (Å²) in [5.74, 6) is 2.06. The Labute approximate surface area is 119 Å². The Hall–Kier alpha value is -1.16. The van der Waals surface area contributed by atoms with Crippen molar-refractivity contribution in [2.24, 2.45) is 23.5 Å². The maximum atomic E-state index is 12.1. The van der Waals surface area contributed by atoms with Crippen LogP contribution in [0.2, 0.25) is 0 Å². The highest BCUT2D eigenvalue weighted by atomic mass is 19.3. The average molecular weight is 283 g/mol. The van der Waals surface area contributed by atoms with Gasteiger partial charge in [-0.25, -0.2) is 0 Å². The maximum Gasteiger partial charge on any atom is 0.387 e. The van der Waals surface area contributed by atoms with E-state index in [0.717, 1.165) is 18.4 Å². The van der Waals surface area contributed by atoms with Crippen molar-refractivity contribution in [2.75, 3.05) is 0 Å². The molecule has 20 heavy (non-hydrogen) atoms. The van der Waals surface area contributed by atoms with Gasteiger partial charge in [-0.2, -0.15) is 8.78 Å². The van der Waals surface area contributed by atoms with Crippen LogP contribution in [0.5, 0.6) is 5.75 Å². The minimum atomic E-state index is -2.78. The second kappa shape index (κ2) is 6.53. The molecule has 1 aromatic rings. The number of hydrogen-bond donors (Lipinski definition) is 1. The van der Waals surface area contributed by atoms with Crippen molar-refractivity contribution < 1.29 is 13.5 Å². The zero-order chi connectivity index (χ0) is 14.7. The summed E-state index contributed by atoms with van der Waals surface area (Å²) in [6.45, 7) is 1.76. The lowest BCUT2D eigenvalue weighted by atomic mass is 9.72. The molecule has 2 rings (SSSR count). The molecule has 0 radical (unpaired) electrons. The van der Waals surface area contributed by atoms with Crippen LogP contribution in [0.3, 0.4) is 0 Å². The number of hydrogen-bond acceptors (Lipinski definition) is 2. The number of rotatable bonds is 4. The van der Waals surface area contributed by atoms with E-state index in [4.69, 9.17) is 5.73 Å². The van der Waals surface area contributed by atoms with Crippen LogP contribution < -0.4 is 10.5 Å². The highest BCUT2D eigenvalue weighted by molar-refractivity contribution is 5.29. The number of benzene rings is 1. The van der Waals surface area contributed by atoms with Gasteiger partial charge in [-0.1, -0.05) is 26.0 Å². The van der Waals surface area contributed by atoms with Crippen molar-refractivity contribution >= 4 is 0 Å². The fourth-order valence-corrected chi connectivity index (χ4v) is 3.45. The molecule has 0 bridgehead atoms. The number of alkyl halides is 2. The second-order valence-corrected chi connectivity index (χ2v) is 6.15. The Bertz CT molecular complexity index is 411. The molecule has 3 atom stereocenters. The van der Waals surface area contributed by atoms with Gasteiger partial charge in [0.25, 0.3) is 0 Å².